The van der Waals surface area contributed by atoms with E-state index in [4.69, 9.17) is 14.5 Å². The molecule has 0 atom stereocenters. The van der Waals surface area contributed by atoms with Crippen molar-refractivity contribution in [2.45, 2.75) is 27.4 Å². The fraction of sp³-hybridized carbons (Fsp3) is 0.129. The highest BCUT2D eigenvalue weighted by Gasteiger charge is 2.16. The first-order valence-corrected chi connectivity index (χ1v) is 12.6. The zero-order valence-corrected chi connectivity index (χ0v) is 22.7. The molecule has 4 rings (SSSR count). The molecule has 0 fully saturated rings. The van der Waals surface area contributed by atoms with Crippen LogP contribution in [0.5, 0.6) is 17.2 Å². The van der Waals surface area contributed by atoms with E-state index < -0.39 is 4.92 Å². The fourth-order valence-corrected chi connectivity index (χ4v) is 3.83. The van der Waals surface area contributed by atoms with Crippen molar-refractivity contribution >= 4 is 24.3 Å². The van der Waals surface area contributed by atoms with Crippen LogP contribution in [0.3, 0.4) is 0 Å². The summed E-state index contributed by atoms with van der Waals surface area (Å²) in [5.74, 6) is 0.799. The Balaban J connectivity index is 1.35. The maximum absolute atomic E-state index is 11.6. The van der Waals surface area contributed by atoms with Gasteiger partial charge in [0.05, 0.1) is 23.6 Å². The Hall–Kier alpha value is -5.51. The topological polar surface area (TPSA) is 128 Å². The molecule has 1 N–H and O–H groups in total. The Morgan fingerprint density at radius 1 is 0.732 bits per heavy atom. The lowest BCUT2D eigenvalue weighted by atomic mass is 10.1. The number of rotatable bonds is 11. The van der Waals surface area contributed by atoms with E-state index in [2.05, 4.69) is 15.5 Å². The summed E-state index contributed by atoms with van der Waals surface area (Å²) in [6.07, 6.45) is 4.41. The minimum atomic E-state index is -0.551. The summed E-state index contributed by atoms with van der Waals surface area (Å²) in [5.41, 5.74) is 5.00. The van der Waals surface area contributed by atoms with Crippen molar-refractivity contribution in [3.05, 3.63) is 128 Å². The van der Waals surface area contributed by atoms with Crippen LogP contribution in [0, 0.1) is 30.9 Å². The van der Waals surface area contributed by atoms with Crippen molar-refractivity contribution < 1.29 is 24.5 Å². The van der Waals surface area contributed by atoms with Gasteiger partial charge < -0.3 is 19.6 Å². The first-order chi connectivity index (χ1) is 19.8. The molecule has 10 nitrogen and oxygen atoms in total. The van der Waals surface area contributed by atoms with Gasteiger partial charge >= 0.3 is 5.69 Å². The molecule has 0 aliphatic rings. The van der Waals surface area contributed by atoms with Crippen molar-refractivity contribution in [3.63, 3.8) is 0 Å². The van der Waals surface area contributed by atoms with Crippen molar-refractivity contribution in [3.8, 4) is 17.2 Å². The van der Waals surface area contributed by atoms with E-state index in [1.54, 1.807) is 24.4 Å². The van der Waals surface area contributed by atoms with Gasteiger partial charge in [-0.2, -0.15) is 0 Å². The molecule has 0 radical (unpaired) electrons. The van der Waals surface area contributed by atoms with Crippen molar-refractivity contribution in [1.82, 2.24) is 0 Å². The highest BCUT2D eigenvalue weighted by atomic mass is 16.7. The Labute approximate surface area is 236 Å². The molecule has 10 heteroatoms. The minimum absolute atomic E-state index is 0.0145. The van der Waals surface area contributed by atoms with Crippen LogP contribution < -0.4 is 9.68 Å². The Kier molecular flexibility index (Phi) is 9.40. The standard InChI is InChI=1S/C31H28N4O6/c1-21-13-25(9-11-29(21)40-34-19-27-14-22(2)31(36)23(3)15-27)18-33-41-30-12-10-26(16-28(30)35(37)38)17-32-39-20-24-7-5-4-6-8-24/h4-19,36H,20H2,1-3H3/b32-17+,33-18+,34-19+. The highest BCUT2D eigenvalue weighted by Crippen LogP contribution is 2.28. The monoisotopic (exact) mass is 552 g/mol. The first-order valence-electron chi connectivity index (χ1n) is 12.6. The first kappa shape index (κ1) is 28.5. The second-order valence-corrected chi connectivity index (χ2v) is 9.16. The second kappa shape index (κ2) is 13.5. The average Bonchev–Trinajstić information content (AvgIpc) is 2.96. The van der Waals surface area contributed by atoms with E-state index >= 15 is 0 Å². The van der Waals surface area contributed by atoms with E-state index in [0.717, 1.165) is 27.8 Å². The summed E-state index contributed by atoms with van der Waals surface area (Å²) < 4.78 is 0. The summed E-state index contributed by atoms with van der Waals surface area (Å²) in [5, 5.41) is 33.3. The van der Waals surface area contributed by atoms with E-state index in [1.165, 1.54) is 24.6 Å². The van der Waals surface area contributed by atoms with Crippen LogP contribution in [-0.4, -0.2) is 28.7 Å². The Bertz CT molecular complexity index is 1590. The van der Waals surface area contributed by atoms with Crippen LogP contribution in [-0.2, 0) is 11.4 Å². The molecular formula is C31H28N4O6. The van der Waals surface area contributed by atoms with Crippen LogP contribution in [0.2, 0.25) is 0 Å². The fourth-order valence-electron chi connectivity index (χ4n) is 3.83. The number of benzene rings is 4. The molecular weight excluding hydrogens is 524 g/mol. The Morgan fingerprint density at radius 2 is 1.29 bits per heavy atom. The number of nitro groups is 1. The molecule has 0 saturated carbocycles. The summed E-state index contributed by atoms with van der Waals surface area (Å²) in [6, 6.07) is 22.9. The second-order valence-electron chi connectivity index (χ2n) is 9.16. The molecule has 208 valence electrons. The number of nitrogens with zero attached hydrogens (tertiary/aromatic N) is 4. The van der Waals surface area contributed by atoms with Gasteiger partial charge in [0.2, 0.25) is 5.75 Å². The van der Waals surface area contributed by atoms with Gasteiger partial charge in [0, 0.05) is 11.6 Å². The molecule has 0 aliphatic heterocycles. The Morgan fingerprint density at radius 3 is 1.95 bits per heavy atom. The molecule has 0 unspecified atom stereocenters. The van der Waals surface area contributed by atoms with E-state index in [0.29, 0.717) is 16.9 Å². The van der Waals surface area contributed by atoms with Crippen LogP contribution in [0.1, 0.15) is 38.9 Å². The van der Waals surface area contributed by atoms with E-state index in [-0.39, 0.29) is 23.8 Å². The van der Waals surface area contributed by atoms with Gasteiger partial charge in [0.15, 0.2) is 5.75 Å². The minimum Gasteiger partial charge on any atom is -0.507 e. The number of aromatic hydroxyl groups is 1. The number of aryl methyl sites for hydroxylation is 3. The zero-order chi connectivity index (χ0) is 29.2. The lowest BCUT2D eigenvalue weighted by Crippen LogP contribution is -1.96. The van der Waals surface area contributed by atoms with Gasteiger partial charge in [-0.1, -0.05) is 45.8 Å². The molecule has 41 heavy (non-hydrogen) atoms. The third kappa shape index (κ3) is 7.99. The smallest absolute Gasteiger partial charge is 0.315 e. The number of hydrogen-bond donors (Lipinski definition) is 1. The van der Waals surface area contributed by atoms with Gasteiger partial charge in [-0.15, -0.1) is 0 Å². The molecule has 0 amide bonds. The molecule has 4 aromatic rings. The normalized spacial score (nSPS) is 11.4. The largest absolute Gasteiger partial charge is 0.507 e. The van der Waals surface area contributed by atoms with Gasteiger partial charge in [0.25, 0.3) is 0 Å². The number of phenolic OH excluding ortho intramolecular Hbond substituents is 1. The molecule has 0 aliphatic carbocycles. The zero-order valence-electron chi connectivity index (χ0n) is 22.7. The molecule has 0 heterocycles. The maximum atomic E-state index is 11.6. The third-order valence-corrected chi connectivity index (χ3v) is 5.95. The quantitative estimate of drug-likeness (QED) is 0.127. The molecule has 0 spiro atoms. The lowest BCUT2D eigenvalue weighted by Gasteiger charge is -2.06. The maximum Gasteiger partial charge on any atom is 0.315 e. The molecule has 0 saturated heterocycles. The van der Waals surface area contributed by atoms with Crippen molar-refractivity contribution in [2.75, 3.05) is 0 Å². The van der Waals surface area contributed by atoms with Crippen LogP contribution in [0.4, 0.5) is 5.69 Å². The van der Waals surface area contributed by atoms with E-state index in [1.807, 2.05) is 69.3 Å². The summed E-state index contributed by atoms with van der Waals surface area (Å²) in [7, 11) is 0. The highest BCUT2D eigenvalue weighted by molar-refractivity contribution is 5.82. The summed E-state index contributed by atoms with van der Waals surface area (Å²) >= 11 is 0. The van der Waals surface area contributed by atoms with Crippen molar-refractivity contribution in [2.24, 2.45) is 15.5 Å². The summed E-state index contributed by atoms with van der Waals surface area (Å²) in [6.45, 7) is 5.78. The predicted molar refractivity (Wildman–Crippen MR) is 157 cm³/mol. The number of hydrogen-bond acceptors (Lipinski definition) is 9. The van der Waals surface area contributed by atoms with Gasteiger partial charge in [-0.25, -0.2) is 0 Å². The van der Waals surface area contributed by atoms with Gasteiger partial charge in [-0.3, -0.25) is 10.1 Å². The lowest BCUT2D eigenvalue weighted by molar-refractivity contribution is -0.385. The molecule has 4 aromatic carbocycles. The van der Waals surface area contributed by atoms with Crippen LogP contribution >= 0.6 is 0 Å². The van der Waals surface area contributed by atoms with E-state index in [9.17, 15) is 15.2 Å². The average molecular weight is 553 g/mol. The van der Waals surface area contributed by atoms with Crippen LogP contribution in [0.25, 0.3) is 0 Å². The number of oxime groups is 3. The SMILES string of the molecule is Cc1cc(/C=N/Oc2ccc(/C=N/OCc3ccccc3)cc2[N+](=O)[O-])ccc1O/N=C/c1cc(C)c(O)c(C)c1. The summed E-state index contributed by atoms with van der Waals surface area (Å²) in [4.78, 5) is 27.2. The number of phenols is 1. The molecule has 0 bridgehead atoms. The van der Waals surface area contributed by atoms with Gasteiger partial charge in [-0.05, 0) is 96.6 Å². The van der Waals surface area contributed by atoms with Crippen molar-refractivity contribution in [1.29, 1.82) is 0 Å². The van der Waals surface area contributed by atoms with Crippen LogP contribution in [0.15, 0.2) is 94.3 Å². The predicted octanol–water partition coefficient (Wildman–Crippen LogP) is 6.60. The third-order valence-electron chi connectivity index (χ3n) is 5.95. The molecule has 0 aromatic heterocycles. The van der Waals surface area contributed by atoms with Gasteiger partial charge in [0.1, 0.15) is 12.4 Å². The number of nitro benzene ring substituents is 1.